The first-order valence-corrected chi connectivity index (χ1v) is 4.86. The van der Waals surface area contributed by atoms with Gasteiger partial charge in [-0.15, -0.1) is 0 Å². The van der Waals surface area contributed by atoms with Crippen molar-refractivity contribution in [3.63, 3.8) is 0 Å². The van der Waals surface area contributed by atoms with Crippen LogP contribution in [0.4, 0.5) is 4.39 Å². The molecule has 1 aromatic rings. The first-order chi connectivity index (χ1) is 6.72. The fourth-order valence-electron chi connectivity index (χ4n) is 1.25. The van der Waals surface area contributed by atoms with Crippen LogP contribution in [0.5, 0.6) is 0 Å². The van der Waals surface area contributed by atoms with Crippen molar-refractivity contribution in [1.29, 1.82) is 0 Å². The monoisotopic (exact) mass is 193 g/mol. The van der Waals surface area contributed by atoms with E-state index in [4.69, 9.17) is 0 Å². The van der Waals surface area contributed by atoms with E-state index in [0.717, 1.165) is 18.7 Å². The van der Waals surface area contributed by atoms with Gasteiger partial charge in [0.1, 0.15) is 5.82 Å². The molecule has 0 unspecified atom stereocenters. The fourth-order valence-corrected chi connectivity index (χ4v) is 1.25. The van der Waals surface area contributed by atoms with Crippen LogP contribution in [0, 0.1) is 5.82 Å². The van der Waals surface area contributed by atoms with Gasteiger partial charge in [0.25, 0.3) is 0 Å². The van der Waals surface area contributed by atoms with Crippen LogP contribution in [-0.2, 0) is 0 Å². The zero-order valence-corrected chi connectivity index (χ0v) is 8.68. The second-order valence-electron chi connectivity index (χ2n) is 3.33. The zero-order chi connectivity index (χ0) is 10.4. The van der Waals surface area contributed by atoms with Crippen molar-refractivity contribution in [1.82, 2.24) is 5.32 Å². The predicted molar refractivity (Wildman–Crippen MR) is 58.6 cm³/mol. The summed E-state index contributed by atoms with van der Waals surface area (Å²) in [6.07, 6.45) is 1.99. The van der Waals surface area contributed by atoms with Crippen molar-refractivity contribution >= 4 is 6.08 Å². The van der Waals surface area contributed by atoms with Crippen molar-refractivity contribution < 1.29 is 4.39 Å². The topological polar surface area (TPSA) is 12.0 Å². The average molecular weight is 193 g/mol. The molecule has 0 saturated carbocycles. The molecule has 0 fully saturated rings. The van der Waals surface area contributed by atoms with Crippen LogP contribution in [-0.4, -0.2) is 13.1 Å². The summed E-state index contributed by atoms with van der Waals surface area (Å²) in [7, 11) is 0. The van der Waals surface area contributed by atoms with E-state index in [1.54, 1.807) is 6.07 Å². The Hall–Kier alpha value is -1.15. The van der Waals surface area contributed by atoms with E-state index in [1.807, 2.05) is 19.1 Å². The van der Waals surface area contributed by atoms with Gasteiger partial charge in [0.05, 0.1) is 0 Å². The zero-order valence-electron chi connectivity index (χ0n) is 8.68. The summed E-state index contributed by atoms with van der Waals surface area (Å²) in [6, 6.07) is 6.62. The van der Waals surface area contributed by atoms with Gasteiger partial charge in [-0.05, 0) is 31.2 Å². The fraction of sp³-hybridized carbons (Fsp3) is 0.333. The van der Waals surface area contributed by atoms with Crippen molar-refractivity contribution in [2.24, 2.45) is 0 Å². The van der Waals surface area contributed by atoms with Crippen LogP contribution in [0.2, 0.25) is 0 Å². The van der Waals surface area contributed by atoms with Gasteiger partial charge >= 0.3 is 0 Å². The molecule has 2 heteroatoms. The molecule has 76 valence electrons. The smallest absolute Gasteiger partial charge is 0.123 e. The third-order valence-electron chi connectivity index (χ3n) is 1.92. The van der Waals surface area contributed by atoms with Crippen molar-refractivity contribution in [3.05, 3.63) is 41.2 Å². The van der Waals surface area contributed by atoms with E-state index in [-0.39, 0.29) is 5.82 Å². The summed E-state index contributed by atoms with van der Waals surface area (Å²) in [5, 5.41) is 3.22. The summed E-state index contributed by atoms with van der Waals surface area (Å²) in [4.78, 5) is 0. The maximum atomic E-state index is 12.8. The number of benzene rings is 1. The molecular weight excluding hydrogens is 177 g/mol. The van der Waals surface area contributed by atoms with Gasteiger partial charge in [-0.1, -0.05) is 30.7 Å². The lowest BCUT2D eigenvalue weighted by Gasteiger charge is -2.01. The van der Waals surface area contributed by atoms with Gasteiger partial charge in [0, 0.05) is 6.54 Å². The third-order valence-corrected chi connectivity index (χ3v) is 1.92. The molecule has 0 bridgehead atoms. The van der Waals surface area contributed by atoms with Crippen LogP contribution in [0.15, 0.2) is 29.8 Å². The first kappa shape index (κ1) is 10.9. The predicted octanol–water partition coefficient (Wildman–Crippen LogP) is 2.84. The highest BCUT2D eigenvalue weighted by atomic mass is 19.1. The molecule has 1 nitrogen and oxygen atoms in total. The standard InChI is InChI=1S/C12H16FN/c1-3-14-9-10(2)7-11-5-4-6-12(13)8-11/h4-8,14H,3,9H2,1-2H3. The Balaban J connectivity index is 2.66. The number of halogens is 1. The molecule has 0 radical (unpaired) electrons. The highest BCUT2D eigenvalue weighted by Gasteiger charge is 1.93. The highest BCUT2D eigenvalue weighted by molar-refractivity contribution is 5.52. The Morgan fingerprint density at radius 2 is 2.29 bits per heavy atom. The highest BCUT2D eigenvalue weighted by Crippen LogP contribution is 2.08. The van der Waals surface area contributed by atoms with Gasteiger partial charge in [-0.25, -0.2) is 4.39 Å². The summed E-state index contributed by atoms with van der Waals surface area (Å²) in [5.74, 6) is -0.185. The van der Waals surface area contributed by atoms with Gasteiger partial charge in [-0.3, -0.25) is 0 Å². The number of likely N-dealkylation sites (N-methyl/N-ethyl adjacent to an activating group) is 1. The molecule has 1 N–H and O–H groups in total. The van der Waals surface area contributed by atoms with Crippen LogP contribution >= 0.6 is 0 Å². The van der Waals surface area contributed by atoms with Gasteiger partial charge in [-0.2, -0.15) is 0 Å². The minimum Gasteiger partial charge on any atom is -0.313 e. The van der Waals surface area contributed by atoms with Gasteiger partial charge in [0.2, 0.25) is 0 Å². The van der Waals surface area contributed by atoms with E-state index < -0.39 is 0 Å². The second-order valence-corrected chi connectivity index (χ2v) is 3.33. The summed E-state index contributed by atoms with van der Waals surface area (Å²) >= 11 is 0. The van der Waals surface area contributed by atoms with E-state index >= 15 is 0 Å². The number of rotatable bonds is 4. The molecule has 0 aliphatic carbocycles. The number of hydrogen-bond acceptors (Lipinski definition) is 1. The van der Waals surface area contributed by atoms with Crippen LogP contribution in [0.3, 0.4) is 0 Å². The van der Waals surface area contributed by atoms with Crippen molar-refractivity contribution in [2.75, 3.05) is 13.1 Å². The third kappa shape index (κ3) is 3.71. The Morgan fingerprint density at radius 1 is 1.50 bits per heavy atom. The van der Waals surface area contributed by atoms with Crippen LogP contribution in [0.25, 0.3) is 6.08 Å². The largest absolute Gasteiger partial charge is 0.313 e. The average Bonchev–Trinajstić information content (AvgIpc) is 2.15. The Bertz CT molecular complexity index is 318. The lowest BCUT2D eigenvalue weighted by atomic mass is 10.1. The van der Waals surface area contributed by atoms with E-state index in [9.17, 15) is 4.39 Å². The molecule has 1 aromatic carbocycles. The Morgan fingerprint density at radius 3 is 2.93 bits per heavy atom. The summed E-state index contributed by atoms with van der Waals surface area (Å²) < 4.78 is 12.8. The Labute approximate surface area is 84.6 Å². The second kappa shape index (κ2) is 5.55. The minimum atomic E-state index is -0.185. The lowest BCUT2D eigenvalue weighted by Crippen LogP contribution is -2.14. The molecule has 0 heterocycles. The summed E-state index contributed by atoms with van der Waals surface area (Å²) in [6.45, 7) is 5.91. The van der Waals surface area contributed by atoms with Crippen LogP contribution < -0.4 is 5.32 Å². The van der Waals surface area contributed by atoms with Gasteiger partial charge < -0.3 is 5.32 Å². The molecule has 0 saturated heterocycles. The maximum absolute atomic E-state index is 12.8. The SMILES string of the molecule is CCNCC(C)=Cc1cccc(F)c1. The molecule has 0 aliphatic rings. The molecule has 0 amide bonds. The Kier molecular flexibility index (Phi) is 4.33. The molecule has 0 atom stereocenters. The van der Waals surface area contributed by atoms with Gasteiger partial charge in [0.15, 0.2) is 0 Å². The molecule has 0 spiro atoms. The number of hydrogen-bond donors (Lipinski definition) is 1. The maximum Gasteiger partial charge on any atom is 0.123 e. The van der Waals surface area contributed by atoms with E-state index in [1.165, 1.54) is 17.7 Å². The van der Waals surface area contributed by atoms with E-state index in [2.05, 4.69) is 12.2 Å². The number of nitrogens with one attached hydrogen (secondary N) is 1. The molecule has 0 aromatic heterocycles. The minimum absolute atomic E-state index is 0.185. The quantitative estimate of drug-likeness (QED) is 0.775. The molecule has 1 rings (SSSR count). The molecule has 0 aliphatic heterocycles. The van der Waals surface area contributed by atoms with Crippen molar-refractivity contribution in [2.45, 2.75) is 13.8 Å². The van der Waals surface area contributed by atoms with E-state index in [0.29, 0.717) is 0 Å². The summed E-state index contributed by atoms with van der Waals surface area (Å²) in [5.41, 5.74) is 2.12. The molecule has 14 heavy (non-hydrogen) atoms. The lowest BCUT2D eigenvalue weighted by molar-refractivity contribution is 0.627. The molecular formula is C12H16FN. The first-order valence-electron chi connectivity index (χ1n) is 4.86. The van der Waals surface area contributed by atoms with Crippen molar-refractivity contribution in [3.8, 4) is 0 Å². The van der Waals surface area contributed by atoms with Crippen LogP contribution in [0.1, 0.15) is 19.4 Å². The normalized spacial score (nSPS) is 11.8.